The second kappa shape index (κ2) is 5.97. The third kappa shape index (κ3) is 2.60. The smallest absolute Gasteiger partial charge is 0.290 e. The Bertz CT molecular complexity index is 193. The minimum Gasteiger partial charge on any atom is -0.361 e. The topological polar surface area (TPSA) is 9.72 Å². The van der Waals surface area contributed by atoms with Crippen LogP contribution in [0.4, 0.5) is 0 Å². The van der Waals surface area contributed by atoms with E-state index in [1.165, 1.54) is 6.32 Å². The van der Waals surface area contributed by atoms with Gasteiger partial charge in [0.15, 0.2) is 0 Å². The lowest BCUT2D eigenvalue weighted by Gasteiger charge is -2.48. The van der Waals surface area contributed by atoms with Gasteiger partial charge in [0, 0.05) is 0 Å². The molecule has 1 heterocycles. The summed E-state index contributed by atoms with van der Waals surface area (Å²) in [7, 11) is 2.31. The van der Waals surface area contributed by atoms with Crippen LogP contribution in [0.15, 0.2) is 0 Å². The highest BCUT2D eigenvalue weighted by atomic mass is 15.3. The molecule has 0 atom stereocenters. The van der Waals surface area contributed by atoms with Crippen LogP contribution in [0.5, 0.6) is 0 Å². The molecule has 0 amide bonds. The Balaban J connectivity index is 2.78. The van der Waals surface area contributed by atoms with Crippen molar-refractivity contribution in [3.8, 4) is 0 Å². The van der Waals surface area contributed by atoms with Gasteiger partial charge >= 0.3 is 0 Å². The first kappa shape index (κ1) is 13.1. The van der Waals surface area contributed by atoms with Gasteiger partial charge in [0.25, 0.3) is 21.5 Å². The first-order chi connectivity index (χ1) is 7.19. The van der Waals surface area contributed by atoms with Gasteiger partial charge in [0.05, 0.1) is 0 Å². The van der Waals surface area contributed by atoms with Crippen molar-refractivity contribution in [1.29, 1.82) is 0 Å². The van der Waals surface area contributed by atoms with Crippen LogP contribution in [0.2, 0.25) is 13.1 Å². The summed E-state index contributed by atoms with van der Waals surface area (Å²) >= 11 is 0. The SMILES string of the molecule is CCB1N(CC)[B]N(CC)B(C)N1CC. The molecule has 3 nitrogen and oxygen atoms in total. The van der Waals surface area contributed by atoms with Gasteiger partial charge < -0.3 is 14.2 Å². The highest BCUT2D eigenvalue weighted by molar-refractivity contribution is 6.80. The summed E-state index contributed by atoms with van der Waals surface area (Å²) in [5, 5.41) is 0. The van der Waals surface area contributed by atoms with Crippen LogP contribution in [0.25, 0.3) is 0 Å². The minimum atomic E-state index is 0.535. The Labute approximate surface area is 96.7 Å². The molecule has 6 heteroatoms. The van der Waals surface area contributed by atoms with E-state index >= 15 is 0 Å². The van der Waals surface area contributed by atoms with E-state index in [2.05, 4.69) is 56.2 Å². The van der Waals surface area contributed by atoms with E-state index in [-0.39, 0.29) is 0 Å². The standard InChI is InChI=1S/C9H23B3N3/c1-6-12-14(8-3)10-13(7-2)11(5)15(12)9-4/h6-9H2,1-5H3. The fourth-order valence-corrected chi connectivity index (χ4v) is 2.58. The Hall–Kier alpha value is 0.0748. The molecule has 0 aromatic carbocycles. The zero-order valence-electron chi connectivity index (χ0n) is 10.9. The third-order valence-corrected chi connectivity index (χ3v) is 3.48. The molecule has 0 aromatic rings. The monoisotopic (exact) mass is 206 g/mol. The molecule has 1 radical (unpaired) electrons. The molecule has 1 aliphatic heterocycles. The number of rotatable bonds is 4. The summed E-state index contributed by atoms with van der Waals surface area (Å²) in [5.41, 5.74) is 0. The van der Waals surface area contributed by atoms with Crippen LogP contribution in [-0.4, -0.2) is 55.3 Å². The van der Waals surface area contributed by atoms with Crippen molar-refractivity contribution in [2.24, 2.45) is 0 Å². The van der Waals surface area contributed by atoms with Crippen LogP contribution >= 0.6 is 0 Å². The molecule has 1 aliphatic rings. The second-order valence-electron chi connectivity index (χ2n) is 4.13. The first-order valence-electron chi connectivity index (χ1n) is 6.31. The predicted octanol–water partition coefficient (Wildman–Crippen LogP) is 1.13. The zero-order chi connectivity index (χ0) is 11.4. The van der Waals surface area contributed by atoms with Gasteiger partial charge in [0.1, 0.15) is 0 Å². The van der Waals surface area contributed by atoms with E-state index in [9.17, 15) is 0 Å². The van der Waals surface area contributed by atoms with Crippen molar-refractivity contribution in [2.45, 2.75) is 40.8 Å². The fourth-order valence-electron chi connectivity index (χ4n) is 2.58. The molecule has 1 saturated heterocycles. The molecule has 0 bridgehead atoms. The molecule has 0 aliphatic carbocycles. The van der Waals surface area contributed by atoms with Crippen molar-refractivity contribution in [3.63, 3.8) is 0 Å². The normalized spacial score (nSPS) is 20.9. The van der Waals surface area contributed by atoms with Crippen molar-refractivity contribution >= 4 is 21.5 Å². The van der Waals surface area contributed by atoms with E-state index < -0.39 is 0 Å². The molecule has 1 fully saturated rings. The number of hydrogen-bond donors (Lipinski definition) is 0. The molecule has 15 heavy (non-hydrogen) atoms. The summed E-state index contributed by atoms with van der Waals surface area (Å²) in [4.78, 5) is 0. The molecular weight excluding hydrogens is 183 g/mol. The predicted molar refractivity (Wildman–Crippen MR) is 70.7 cm³/mol. The maximum absolute atomic E-state index is 2.58. The van der Waals surface area contributed by atoms with E-state index in [1.807, 2.05) is 0 Å². The lowest BCUT2D eigenvalue weighted by atomic mass is 9.49. The van der Waals surface area contributed by atoms with Gasteiger partial charge in [-0.3, -0.25) is 0 Å². The molecule has 0 aromatic heterocycles. The summed E-state index contributed by atoms with van der Waals surface area (Å²) in [6.45, 7) is 15.7. The highest BCUT2D eigenvalue weighted by Crippen LogP contribution is 2.16. The van der Waals surface area contributed by atoms with E-state index in [0.29, 0.717) is 14.0 Å². The van der Waals surface area contributed by atoms with E-state index in [0.717, 1.165) is 19.6 Å². The molecule has 1 rings (SSSR count). The number of nitrogens with zero attached hydrogens (tertiary/aromatic N) is 3. The van der Waals surface area contributed by atoms with E-state index in [1.54, 1.807) is 0 Å². The Kier molecular flexibility index (Phi) is 5.23. The first-order valence-corrected chi connectivity index (χ1v) is 6.31. The molecule has 0 unspecified atom stereocenters. The van der Waals surface area contributed by atoms with Gasteiger partial charge in [-0.05, 0) is 26.0 Å². The summed E-state index contributed by atoms with van der Waals surface area (Å²) in [6.07, 6.45) is 1.19. The molecule has 0 saturated carbocycles. The summed E-state index contributed by atoms with van der Waals surface area (Å²) in [5.74, 6) is 0. The summed E-state index contributed by atoms with van der Waals surface area (Å²) in [6, 6.07) is 0. The van der Waals surface area contributed by atoms with Crippen LogP contribution in [-0.2, 0) is 0 Å². The Morgan fingerprint density at radius 2 is 1.53 bits per heavy atom. The van der Waals surface area contributed by atoms with Gasteiger partial charge in [-0.1, -0.05) is 34.5 Å². The van der Waals surface area contributed by atoms with Crippen molar-refractivity contribution in [2.75, 3.05) is 19.6 Å². The lowest BCUT2D eigenvalue weighted by molar-refractivity contribution is 0.470. The van der Waals surface area contributed by atoms with Gasteiger partial charge in [-0.2, -0.15) is 0 Å². The molecule has 83 valence electrons. The minimum absolute atomic E-state index is 0.535. The van der Waals surface area contributed by atoms with Crippen molar-refractivity contribution < 1.29 is 0 Å². The van der Waals surface area contributed by atoms with Crippen molar-refractivity contribution in [3.05, 3.63) is 0 Å². The third-order valence-electron chi connectivity index (χ3n) is 3.48. The fraction of sp³-hybridized carbons (Fsp3) is 1.00. The average molecular weight is 206 g/mol. The molecular formula is C9H23B3N3. The maximum Gasteiger partial charge on any atom is 0.290 e. The lowest BCUT2D eigenvalue weighted by Crippen LogP contribution is -2.71. The van der Waals surface area contributed by atoms with Crippen LogP contribution in [0.3, 0.4) is 0 Å². The molecule has 0 N–H and O–H groups in total. The largest absolute Gasteiger partial charge is 0.361 e. The van der Waals surface area contributed by atoms with Crippen LogP contribution < -0.4 is 0 Å². The van der Waals surface area contributed by atoms with Gasteiger partial charge in [-0.25, -0.2) is 0 Å². The maximum atomic E-state index is 2.58. The van der Waals surface area contributed by atoms with Gasteiger partial charge in [-0.15, -0.1) is 0 Å². The average Bonchev–Trinajstić information content (AvgIpc) is 2.28. The van der Waals surface area contributed by atoms with E-state index in [4.69, 9.17) is 0 Å². The Morgan fingerprint density at radius 1 is 0.933 bits per heavy atom. The quantitative estimate of drug-likeness (QED) is 0.638. The zero-order valence-corrected chi connectivity index (χ0v) is 10.9. The van der Waals surface area contributed by atoms with Crippen LogP contribution in [0, 0.1) is 0 Å². The van der Waals surface area contributed by atoms with Crippen LogP contribution in [0.1, 0.15) is 27.7 Å². The Morgan fingerprint density at radius 3 is 1.93 bits per heavy atom. The summed E-state index contributed by atoms with van der Waals surface area (Å²) < 4.78 is 7.44. The van der Waals surface area contributed by atoms with Gasteiger partial charge in [0.2, 0.25) is 0 Å². The second-order valence-corrected chi connectivity index (χ2v) is 4.13. The number of hydrogen-bond acceptors (Lipinski definition) is 3. The van der Waals surface area contributed by atoms with Crippen molar-refractivity contribution in [1.82, 2.24) is 14.2 Å². The molecule has 0 spiro atoms. The highest BCUT2D eigenvalue weighted by Gasteiger charge is 2.40.